The summed E-state index contributed by atoms with van der Waals surface area (Å²) in [6.45, 7) is 2.20. The fraction of sp³-hybridized carbons (Fsp3) is 0.929. The van der Waals surface area contributed by atoms with Crippen molar-refractivity contribution in [3.63, 3.8) is 0 Å². The van der Waals surface area contributed by atoms with Crippen LogP contribution in [0.2, 0.25) is 0 Å². The lowest BCUT2D eigenvalue weighted by Crippen LogP contribution is -2.49. The molecule has 5 nitrogen and oxygen atoms in total. The molecule has 2 bridgehead atoms. The highest BCUT2D eigenvalue weighted by Crippen LogP contribution is 2.34. The van der Waals surface area contributed by atoms with Gasteiger partial charge in [-0.3, -0.25) is 4.99 Å². The van der Waals surface area contributed by atoms with Crippen molar-refractivity contribution < 1.29 is 4.74 Å². The number of hydrogen-bond acceptors (Lipinski definition) is 3. The van der Waals surface area contributed by atoms with Gasteiger partial charge in [0.05, 0.1) is 18.2 Å². The highest BCUT2D eigenvalue weighted by atomic mass is 127. The molecule has 0 spiro atoms. The molecule has 3 heterocycles. The lowest BCUT2D eigenvalue weighted by Gasteiger charge is -2.25. The highest BCUT2D eigenvalue weighted by molar-refractivity contribution is 14.0. The van der Waals surface area contributed by atoms with Gasteiger partial charge in [0.2, 0.25) is 0 Å². The van der Waals surface area contributed by atoms with Gasteiger partial charge in [0.15, 0.2) is 5.96 Å². The number of likely N-dealkylation sites (tertiary alicyclic amines) is 1. The van der Waals surface area contributed by atoms with E-state index in [1.807, 2.05) is 7.05 Å². The average Bonchev–Trinajstić information content (AvgIpc) is 3.11. The molecule has 0 aromatic heterocycles. The normalized spacial score (nSPS) is 37.0. The third-order valence-corrected chi connectivity index (χ3v) is 4.83. The Morgan fingerprint density at radius 2 is 2.20 bits per heavy atom. The number of hydrogen-bond donors (Lipinski definition) is 2. The standard InChI is InChI=1S/C14H26N4O.HI/c1-15-14(16-9-10-4-3-7-18(10)2)17-12-8-11-5-6-13(12)19-11;/h10-13H,3-9H2,1-2H3,(H2,15,16,17);1H. The first-order valence-corrected chi connectivity index (χ1v) is 7.59. The monoisotopic (exact) mass is 394 g/mol. The number of halogens is 1. The number of guanidine groups is 1. The first-order chi connectivity index (χ1) is 9.26. The largest absolute Gasteiger partial charge is 0.373 e. The van der Waals surface area contributed by atoms with Crippen LogP contribution in [-0.2, 0) is 4.74 Å². The first-order valence-electron chi connectivity index (χ1n) is 7.59. The summed E-state index contributed by atoms with van der Waals surface area (Å²) in [6.07, 6.45) is 7.06. The molecule has 6 heteroatoms. The van der Waals surface area contributed by atoms with Crippen molar-refractivity contribution >= 4 is 29.9 Å². The minimum atomic E-state index is 0. The van der Waals surface area contributed by atoms with E-state index < -0.39 is 0 Å². The molecule has 0 amide bonds. The second-order valence-electron chi connectivity index (χ2n) is 6.09. The van der Waals surface area contributed by atoms with E-state index in [-0.39, 0.29) is 24.0 Å². The fourth-order valence-electron chi connectivity index (χ4n) is 3.61. The minimum Gasteiger partial charge on any atom is -0.373 e. The van der Waals surface area contributed by atoms with E-state index in [1.165, 1.54) is 32.2 Å². The van der Waals surface area contributed by atoms with E-state index in [4.69, 9.17) is 4.74 Å². The zero-order chi connectivity index (χ0) is 13.2. The molecule has 0 aromatic rings. The van der Waals surface area contributed by atoms with Crippen LogP contribution in [0.15, 0.2) is 4.99 Å². The number of fused-ring (bicyclic) bond motifs is 2. The number of likely N-dealkylation sites (N-methyl/N-ethyl adjacent to an activating group) is 1. The number of rotatable bonds is 3. The van der Waals surface area contributed by atoms with Crippen molar-refractivity contribution in [1.29, 1.82) is 0 Å². The van der Waals surface area contributed by atoms with Crippen LogP contribution >= 0.6 is 24.0 Å². The fourth-order valence-corrected chi connectivity index (χ4v) is 3.61. The predicted molar refractivity (Wildman–Crippen MR) is 91.9 cm³/mol. The molecule has 3 saturated heterocycles. The molecular weight excluding hydrogens is 367 g/mol. The maximum absolute atomic E-state index is 5.87. The Bertz CT molecular complexity index is 352. The maximum Gasteiger partial charge on any atom is 0.191 e. The lowest BCUT2D eigenvalue weighted by atomic mass is 9.96. The number of nitrogens with one attached hydrogen (secondary N) is 2. The van der Waals surface area contributed by atoms with Crippen LogP contribution in [0.3, 0.4) is 0 Å². The van der Waals surface area contributed by atoms with Crippen molar-refractivity contribution in [1.82, 2.24) is 15.5 Å². The molecule has 0 saturated carbocycles. The Labute approximate surface area is 138 Å². The smallest absolute Gasteiger partial charge is 0.191 e. The zero-order valence-corrected chi connectivity index (χ0v) is 14.8. The maximum atomic E-state index is 5.87. The third-order valence-electron chi connectivity index (χ3n) is 4.83. The van der Waals surface area contributed by atoms with Crippen LogP contribution in [-0.4, -0.2) is 62.3 Å². The van der Waals surface area contributed by atoms with Gasteiger partial charge in [0, 0.05) is 19.6 Å². The molecule has 3 aliphatic rings. The summed E-state index contributed by atoms with van der Waals surface area (Å²) in [5.74, 6) is 0.932. The van der Waals surface area contributed by atoms with Gasteiger partial charge >= 0.3 is 0 Å². The van der Waals surface area contributed by atoms with Gasteiger partial charge in [0.25, 0.3) is 0 Å². The Morgan fingerprint density at radius 1 is 1.35 bits per heavy atom. The summed E-state index contributed by atoms with van der Waals surface area (Å²) >= 11 is 0. The summed E-state index contributed by atoms with van der Waals surface area (Å²) in [4.78, 5) is 6.77. The van der Waals surface area contributed by atoms with Crippen LogP contribution in [0, 0.1) is 0 Å². The van der Waals surface area contributed by atoms with Crippen LogP contribution in [0.4, 0.5) is 0 Å². The molecule has 4 atom stereocenters. The van der Waals surface area contributed by atoms with Gasteiger partial charge in [-0.05, 0) is 45.7 Å². The Kier molecular flexibility index (Phi) is 5.92. The molecule has 0 aromatic carbocycles. The number of aliphatic imine (C=N–C) groups is 1. The van der Waals surface area contributed by atoms with Crippen molar-refractivity contribution in [2.75, 3.05) is 27.2 Å². The Hall–Kier alpha value is -0.0800. The lowest BCUT2D eigenvalue weighted by molar-refractivity contribution is 0.0992. The van der Waals surface area contributed by atoms with E-state index in [9.17, 15) is 0 Å². The number of ether oxygens (including phenoxy) is 1. The van der Waals surface area contributed by atoms with Crippen LogP contribution < -0.4 is 10.6 Å². The molecule has 4 unspecified atom stereocenters. The van der Waals surface area contributed by atoms with Crippen LogP contribution in [0.1, 0.15) is 32.1 Å². The summed E-state index contributed by atoms with van der Waals surface area (Å²) in [7, 11) is 4.06. The quantitative estimate of drug-likeness (QED) is 0.429. The Morgan fingerprint density at radius 3 is 2.75 bits per heavy atom. The first kappa shape index (κ1) is 16.3. The van der Waals surface area contributed by atoms with E-state index in [1.54, 1.807) is 0 Å². The molecule has 116 valence electrons. The Balaban J connectivity index is 0.00000147. The van der Waals surface area contributed by atoms with Gasteiger partial charge in [-0.25, -0.2) is 0 Å². The van der Waals surface area contributed by atoms with E-state index >= 15 is 0 Å². The van der Waals surface area contributed by atoms with Gasteiger partial charge < -0.3 is 20.3 Å². The summed E-state index contributed by atoms with van der Waals surface area (Å²) in [6, 6.07) is 1.10. The molecule has 0 aliphatic carbocycles. The SMILES string of the molecule is CN=C(NCC1CCCN1C)NC1CC2CCC1O2.I. The predicted octanol–water partition coefficient (Wildman–Crippen LogP) is 1.18. The molecule has 3 aliphatic heterocycles. The zero-order valence-electron chi connectivity index (χ0n) is 12.5. The molecule has 2 N–H and O–H groups in total. The second-order valence-corrected chi connectivity index (χ2v) is 6.09. The van der Waals surface area contributed by atoms with Gasteiger partial charge in [-0.1, -0.05) is 0 Å². The average molecular weight is 394 g/mol. The van der Waals surface area contributed by atoms with E-state index in [0.717, 1.165) is 18.9 Å². The van der Waals surface area contributed by atoms with Gasteiger partial charge in [0.1, 0.15) is 0 Å². The van der Waals surface area contributed by atoms with Crippen molar-refractivity contribution in [3.8, 4) is 0 Å². The van der Waals surface area contributed by atoms with Crippen molar-refractivity contribution in [2.45, 2.75) is 56.4 Å². The van der Waals surface area contributed by atoms with Gasteiger partial charge in [-0.15, -0.1) is 24.0 Å². The third kappa shape index (κ3) is 3.57. The molecular formula is C14H27IN4O. The van der Waals surface area contributed by atoms with Crippen LogP contribution in [0.5, 0.6) is 0 Å². The minimum absolute atomic E-state index is 0. The summed E-state index contributed by atoms with van der Waals surface area (Å²) < 4.78 is 5.87. The topological polar surface area (TPSA) is 48.9 Å². The molecule has 0 radical (unpaired) electrons. The molecule has 3 rings (SSSR count). The second kappa shape index (κ2) is 7.26. The van der Waals surface area contributed by atoms with Crippen molar-refractivity contribution in [2.24, 2.45) is 4.99 Å². The summed E-state index contributed by atoms with van der Waals surface area (Å²) in [5.41, 5.74) is 0. The van der Waals surface area contributed by atoms with E-state index in [2.05, 4.69) is 27.6 Å². The molecule has 20 heavy (non-hydrogen) atoms. The highest BCUT2D eigenvalue weighted by Gasteiger charge is 2.41. The van der Waals surface area contributed by atoms with E-state index in [0.29, 0.717) is 24.3 Å². The summed E-state index contributed by atoms with van der Waals surface area (Å²) in [5, 5.41) is 7.00. The van der Waals surface area contributed by atoms with Crippen molar-refractivity contribution in [3.05, 3.63) is 0 Å². The van der Waals surface area contributed by atoms with Gasteiger partial charge in [-0.2, -0.15) is 0 Å². The van der Waals surface area contributed by atoms with Crippen LogP contribution in [0.25, 0.3) is 0 Å². The molecule has 3 fully saturated rings. The number of nitrogens with zero attached hydrogens (tertiary/aromatic N) is 2.